The second-order valence-electron chi connectivity index (χ2n) is 1.29. The molecule has 0 saturated heterocycles. The van der Waals surface area contributed by atoms with Crippen LogP contribution in [0.2, 0.25) is 0 Å². The highest BCUT2D eigenvalue weighted by Crippen LogP contribution is 1.80. The number of hydroxylamine groups is 2. The summed E-state index contributed by atoms with van der Waals surface area (Å²) < 4.78 is 0. The number of carbonyl (C=O) groups is 1. The largest absolute Gasteiger partial charge is 0.756 e. The molecule has 0 aliphatic rings. The lowest BCUT2D eigenvalue weighted by molar-refractivity contribution is -0.126. The third-order valence-corrected chi connectivity index (χ3v) is 0.740. The van der Waals surface area contributed by atoms with E-state index in [1.165, 1.54) is 0 Å². The molecule has 0 unspecified atom stereocenters. The van der Waals surface area contributed by atoms with Gasteiger partial charge in [-0.1, -0.05) is 0 Å². The molecule has 0 aliphatic heterocycles. The normalized spacial score (nSPS) is 8.88. The summed E-state index contributed by atoms with van der Waals surface area (Å²) in [7, 11) is 0. The molecule has 4 heteroatoms. The number of nitrogens with two attached hydrogens (primary N) is 1. The van der Waals surface area contributed by atoms with Gasteiger partial charge < -0.3 is 16.0 Å². The van der Waals surface area contributed by atoms with Crippen LogP contribution in [0.4, 0.5) is 0 Å². The summed E-state index contributed by atoms with van der Waals surface area (Å²) in [5.41, 5.74) is 4.86. The summed E-state index contributed by atoms with van der Waals surface area (Å²) in [4.78, 5) is 10.2. The maximum Gasteiger partial charge on any atom is 0.225 e. The average Bonchev–Trinajstić information content (AvgIpc) is 1.84. The first-order valence-corrected chi connectivity index (χ1v) is 2.40. The second-order valence-corrected chi connectivity index (χ2v) is 1.29. The van der Waals surface area contributed by atoms with Crippen LogP contribution in [0.15, 0.2) is 0 Å². The first-order chi connectivity index (χ1) is 3.72. The van der Waals surface area contributed by atoms with Crippen molar-refractivity contribution in [3.05, 3.63) is 5.21 Å². The van der Waals surface area contributed by atoms with Crippen molar-refractivity contribution in [1.82, 2.24) is 5.06 Å². The third-order valence-electron chi connectivity index (χ3n) is 0.740. The summed E-state index contributed by atoms with van der Waals surface area (Å²) in [6.07, 6.45) is 0. The van der Waals surface area contributed by atoms with Crippen LogP contribution in [0, 0.1) is 5.21 Å². The van der Waals surface area contributed by atoms with E-state index in [0.29, 0.717) is 5.06 Å². The van der Waals surface area contributed by atoms with Crippen molar-refractivity contribution < 1.29 is 4.79 Å². The molecule has 0 heterocycles. The predicted molar refractivity (Wildman–Crippen MR) is 29.8 cm³/mol. The molecule has 4 nitrogen and oxygen atoms in total. The fourth-order valence-electron chi connectivity index (χ4n) is 0.278. The van der Waals surface area contributed by atoms with E-state index in [1.807, 2.05) is 0 Å². The van der Waals surface area contributed by atoms with Crippen LogP contribution in [-0.4, -0.2) is 24.1 Å². The van der Waals surface area contributed by atoms with Crippen LogP contribution in [-0.2, 0) is 4.79 Å². The number of hydrogen-bond donors (Lipinski definition) is 1. The fourth-order valence-corrected chi connectivity index (χ4v) is 0.278. The van der Waals surface area contributed by atoms with E-state index in [-0.39, 0.29) is 13.1 Å². The number of carbonyl (C=O) groups excluding carboxylic acids is 1. The lowest BCUT2D eigenvalue weighted by atomic mass is 10.6. The Labute approximate surface area is 47.8 Å². The Morgan fingerprint density at radius 3 is 2.50 bits per heavy atom. The molecule has 2 N–H and O–H groups in total. The topological polar surface area (TPSA) is 69.4 Å². The Balaban J connectivity index is 3.46. The Hall–Kier alpha value is -0.610. The maximum absolute atomic E-state index is 10.2. The molecule has 48 valence electrons. The molecule has 0 aromatic carbocycles. The highest BCUT2D eigenvalue weighted by Gasteiger charge is 1.94. The number of hydrogen-bond acceptors (Lipinski definition) is 3. The van der Waals surface area contributed by atoms with Gasteiger partial charge >= 0.3 is 0 Å². The molecule has 0 rings (SSSR count). The van der Waals surface area contributed by atoms with Gasteiger partial charge in [0.05, 0.1) is 6.54 Å². The van der Waals surface area contributed by atoms with Crippen molar-refractivity contribution >= 4 is 5.91 Å². The first kappa shape index (κ1) is 7.39. The fraction of sp³-hybridized carbons (Fsp3) is 0.750. The minimum absolute atomic E-state index is 0.177. The smallest absolute Gasteiger partial charge is 0.225 e. The van der Waals surface area contributed by atoms with Gasteiger partial charge in [0.2, 0.25) is 5.91 Å². The molecular weight excluding hydrogens is 108 g/mol. The summed E-state index contributed by atoms with van der Waals surface area (Å²) in [6.45, 7) is 1.58. The molecule has 1 amide bonds. The van der Waals surface area contributed by atoms with E-state index >= 15 is 0 Å². The van der Waals surface area contributed by atoms with Crippen LogP contribution in [0.1, 0.15) is 6.92 Å². The van der Waals surface area contributed by atoms with Crippen LogP contribution in [0.3, 0.4) is 0 Å². The van der Waals surface area contributed by atoms with Gasteiger partial charge in [0, 0.05) is 6.54 Å². The van der Waals surface area contributed by atoms with Gasteiger partial charge in [-0.2, -0.15) is 0 Å². The van der Waals surface area contributed by atoms with Gasteiger partial charge in [-0.25, -0.2) is 0 Å². The number of rotatable bonds is 2. The molecular formula is C4H9N2O2-. The molecule has 8 heavy (non-hydrogen) atoms. The zero-order valence-corrected chi connectivity index (χ0v) is 4.76. The van der Waals surface area contributed by atoms with Crippen LogP contribution in [0.5, 0.6) is 0 Å². The molecule has 0 fully saturated rings. The molecule has 0 atom stereocenters. The van der Waals surface area contributed by atoms with Gasteiger partial charge in [0.1, 0.15) is 0 Å². The third kappa shape index (κ3) is 1.90. The zero-order valence-electron chi connectivity index (χ0n) is 4.76. The molecule has 0 saturated carbocycles. The Bertz CT molecular complexity index is 84.1. The standard InChI is InChI=1S/C4H9N2O2/c1-2-6(8)4(7)3-5/h2-3,5H2,1H3/q-1. The summed E-state index contributed by atoms with van der Waals surface area (Å²) in [5.74, 6) is -0.562. The quantitative estimate of drug-likeness (QED) is 0.486. The van der Waals surface area contributed by atoms with E-state index in [2.05, 4.69) is 0 Å². The van der Waals surface area contributed by atoms with Gasteiger partial charge in [-0.3, -0.25) is 4.79 Å². The minimum atomic E-state index is -0.562. The number of amides is 1. The first-order valence-electron chi connectivity index (χ1n) is 2.40. The van der Waals surface area contributed by atoms with Gasteiger partial charge in [0.25, 0.3) is 0 Å². The lowest BCUT2D eigenvalue weighted by Gasteiger charge is -2.24. The molecule has 0 bridgehead atoms. The number of likely N-dealkylation sites (N-methyl/N-ethyl adjacent to an activating group) is 1. The molecule has 0 radical (unpaired) electrons. The zero-order chi connectivity index (χ0) is 6.57. The monoisotopic (exact) mass is 117 g/mol. The van der Waals surface area contributed by atoms with E-state index in [1.54, 1.807) is 6.92 Å². The van der Waals surface area contributed by atoms with Gasteiger partial charge in [-0.05, 0) is 6.92 Å². The van der Waals surface area contributed by atoms with Crippen molar-refractivity contribution in [2.24, 2.45) is 5.73 Å². The maximum atomic E-state index is 10.2. The molecule has 0 aliphatic carbocycles. The van der Waals surface area contributed by atoms with Crippen LogP contribution in [0.25, 0.3) is 0 Å². The average molecular weight is 117 g/mol. The predicted octanol–water partition coefficient (Wildman–Crippen LogP) is -0.709. The second kappa shape index (κ2) is 3.40. The van der Waals surface area contributed by atoms with Crippen LogP contribution < -0.4 is 5.73 Å². The minimum Gasteiger partial charge on any atom is -0.756 e. The van der Waals surface area contributed by atoms with Gasteiger partial charge in [-0.15, -0.1) is 0 Å². The van der Waals surface area contributed by atoms with Crippen molar-refractivity contribution in [3.8, 4) is 0 Å². The van der Waals surface area contributed by atoms with Gasteiger partial charge in [0.15, 0.2) is 0 Å². The van der Waals surface area contributed by atoms with Crippen molar-refractivity contribution in [3.63, 3.8) is 0 Å². The van der Waals surface area contributed by atoms with Crippen molar-refractivity contribution in [2.45, 2.75) is 6.92 Å². The van der Waals surface area contributed by atoms with E-state index in [4.69, 9.17) is 5.73 Å². The van der Waals surface area contributed by atoms with Crippen LogP contribution >= 0.6 is 0 Å². The summed E-state index contributed by atoms with van der Waals surface area (Å²) >= 11 is 0. The van der Waals surface area contributed by atoms with Crippen molar-refractivity contribution in [1.29, 1.82) is 0 Å². The summed E-state index contributed by atoms with van der Waals surface area (Å²) in [5, 5.41) is 10.6. The summed E-state index contributed by atoms with van der Waals surface area (Å²) in [6, 6.07) is 0. The van der Waals surface area contributed by atoms with E-state index in [0.717, 1.165) is 0 Å². The Morgan fingerprint density at radius 2 is 2.38 bits per heavy atom. The Morgan fingerprint density at radius 1 is 1.88 bits per heavy atom. The highest BCUT2D eigenvalue weighted by atomic mass is 16.5. The Kier molecular flexibility index (Phi) is 3.14. The van der Waals surface area contributed by atoms with E-state index < -0.39 is 5.91 Å². The molecule has 0 spiro atoms. The molecule has 0 aromatic rings. The molecule has 0 aromatic heterocycles. The van der Waals surface area contributed by atoms with Crippen molar-refractivity contribution in [2.75, 3.05) is 13.1 Å². The van der Waals surface area contributed by atoms with E-state index in [9.17, 15) is 10.0 Å². The lowest BCUT2D eigenvalue weighted by Crippen LogP contribution is -2.30. The number of nitrogens with zero attached hydrogens (tertiary/aromatic N) is 1. The highest BCUT2D eigenvalue weighted by molar-refractivity contribution is 5.78. The SMILES string of the molecule is CCN([O-])C(=O)CN.